The second-order valence-corrected chi connectivity index (χ2v) is 3.45. The van der Waals surface area contributed by atoms with Crippen LogP contribution in [-0.4, -0.2) is 26.0 Å². The largest absolute Gasteiger partial charge is 0.484 e. The topological polar surface area (TPSA) is 50.7 Å². The Bertz CT molecular complexity index is 357. The summed E-state index contributed by atoms with van der Waals surface area (Å²) < 4.78 is 4.92. The van der Waals surface area contributed by atoms with Gasteiger partial charge in [-0.25, -0.2) is 4.99 Å². The highest BCUT2D eigenvalue weighted by atomic mass is 32.1. The number of hydrogen-bond donors (Lipinski definition) is 1. The van der Waals surface area contributed by atoms with Crippen LogP contribution >= 0.6 is 11.3 Å². The van der Waals surface area contributed by atoms with E-state index < -0.39 is 0 Å². The summed E-state index contributed by atoms with van der Waals surface area (Å²) in [5.41, 5.74) is 0.578. The highest BCUT2D eigenvalue weighted by Gasteiger charge is 2.10. The first-order valence-corrected chi connectivity index (χ1v) is 4.96. The lowest BCUT2D eigenvalue weighted by Crippen LogP contribution is -2.17. The van der Waals surface area contributed by atoms with E-state index in [0.29, 0.717) is 16.5 Å². The number of thiophene rings is 1. The molecule has 0 radical (unpaired) electrons. The minimum Gasteiger partial charge on any atom is -0.484 e. The van der Waals surface area contributed by atoms with Gasteiger partial charge >= 0.3 is 0 Å². The van der Waals surface area contributed by atoms with Crippen LogP contribution in [0.3, 0.4) is 0 Å². The van der Waals surface area contributed by atoms with Gasteiger partial charge in [-0.2, -0.15) is 0 Å². The van der Waals surface area contributed by atoms with E-state index in [9.17, 15) is 4.79 Å². The maximum absolute atomic E-state index is 11.4. The standard InChI is InChI=1S/C9H12N2O2S/c1-6(13-3)11-9-7(4-5-14-9)8(12)10-2/h4-5H,1-3H3,(H,10,12)/b11-6+. The summed E-state index contributed by atoms with van der Waals surface area (Å²) in [6, 6.07) is 1.74. The third kappa shape index (κ3) is 2.32. The van der Waals surface area contributed by atoms with Crippen LogP contribution in [0.1, 0.15) is 17.3 Å². The molecule has 5 heteroatoms. The first-order valence-electron chi connectivity index (χ1n) is 4.08. The van der Waals surface area contributed by atoms with Crippen molar-refractivity contribution < 1.29 is 9.53 Å². The normalized spacial score (nSPS) is 11.2. The summed E-state index contributed by atoms with van der Waals surface area (Å²) in [7, 11) is 3.14. The van der Waals surface area contributed by atoms with Gasteiger partial charge in [0.05, 0.1) is 12.7 Å². The van der Waals surface area contributed by atoms with E-state index in [1.54, 1.807) is 27.1 Å². The molecular weight excluding hydrogens is 200 g/mol. The van der Waals surface area contributed by atoms with Crippen molar-refractivity contribution >= 4 is 28.1 Å². The molecule has 14 heavy (non-hydrogen) atoms. The molecule has 0 aromatic carbocycles. The van der Waals surface area contributed by atoms with Crippen molar-refractivity contribution in [3.63, 3.8) is 0 Å². The fraction of sp³-hybridized carbons (Fsp3) is 0.333. The second-order valence-electron chi connectivity index (χ2n) is 2.55. The van der Waals surface area contributed by atoms with Gasteiger partial charge in [-0.05, 0) is 11.4 Å². The second kappa shape index (κ2) is 4.76. The lowest BCUT2D eigenvalue weighted by molar-refractivity contribution is 0.0964. The Hall–Kier alpha value is -1.36. The summed E-state index contributed by atoms with van der Waals surface area (Å²) in [5.74, 6) is 0.409. The monoisotopic (exact) mass is 212 g/mol. The Labute approximate surface area is 86.6 Å². The smallest absolute Gasteiger partial charge is 0.254 e. The average molecular weight is 212 g/mol. The molecule has 0 saturated heterocycles. The molecule has 76 valence electrons. The molecule has 1 aromatic heterocycles. The summed E-state index contributed by atoms with van der Waals surface area (Å²) >= 11 is 1.41. The van der Waals surface area contributed by atoms with E-state index >= 15 is 0 Å². The molecule has 0 fully saturated rings. The lowest BCUT2D eigenvalue weighted by atomic mass is 10.3. The molecule has 0 atom stereocenters. The van der Waals surface area contributed by atoms with Gasteiger partial charge in [0.1, 0.15) is 5.00 Å². The SMILES string of the molecule is CNC(=O)c1ccsc1/N=C(\C)OC. The fourth-order valence-electron chi connectivity index (χ4n) is 0.884. The van der Waals surface area contributed by atoms with Crippen molar-refractivity contribution in [1.82, 2.24) is 5.32 Å². The molecule has 0 aliphatic heterocycles. The van der Waals surface area contributed by atoms with Gasteiger partial charge in [-0.1, -0.05) is 0 Å². The van der Waals surface area contributed by atoms with E-state index in [1.165, 1.54) is 11.3 Å². The first kappa shape index (κ1) is 10.7. The Morgan fingerprint density at radius 1 is 1.64 bits per heavy atom. The molecule has 0 aliphatic carbocycles. The molecule has 1 heterocycles. The van der Waals surface area contributed by atoms with Crippen LogP contribution in [0.4, 0.5) is 5.00 Å². The third-order valence-electron chi connectivity index (χ3n) is 1.67. The van der Waals surface area contributed by atoms with Crippen molar-refractivity contribution in [2.45, 2.75) is 6.92 Å². The number of carbonyl (C=O) groups is 1. The number of carbonyl (C=O) groups excluding carboxylic acids is 1. The molecule has 0 unspecified atom stereocenters. The minimum absolute atomic E-state index is 0.131. The quantitative estimate of drug-likeness (QED) is 0.600. The van der Waals surface area contributed by atoms with E-state index in [0.717, 1.165) is 0 Å². The number of nitrogens with zero attached hydrogens (tertiary/aromatic N) is 1. The van der Waals surface area contributed by atoms with Gasteiger partial charge in [0.15, 0.2) is 5.90 Å². The maximum Gasteiger partial charge on any atom is 0.254 e. The number of hydrogen-bond acceptors (Lipinski definition) is 4. The Kier molecular flexibility index (Phi) is 3.64. The maximum atomic E-state index is 11.4. The summed E-state index contributed by atoms with van der Waals surface area (Å²) in [4.78, 5) is 15.5. The molecule has 0 aliphatic rings. The fourth-order valence-corrected chi connectivity index (χ4v) is 1.69. The van der Waals surface area contributed by atoms with Gasteiger partial charge in [-0.3, -0.25) is 4.79 Å². The van der Waals surface area contributed by atoms with E-state index in [-0.39, 0.29) is 5.91 Å². The molecule has 1 N–H and O–H groups in total. The lowest BCUT2D eigenvalue weighted by Gasteiger charge is -1.99. The molecule has 1 aromatic rings. The zero-order valence-corrected chi connectivity index (χ0v) is 9.14. The van der Waals surface area contributed by atoms with Crippen LogP contribution in [-0.2, 0) is 4.74 Å². The van der Waals surface area contributed by atoms with Gasteiger partial charge in [0.25, 0.3) is 5.91 Å². The van der Waals surface area contributed by atoms with Crippen molar-refractivity contribution in [1.29, 1.82) is 0 Å². The molecule has 0 spiro atoms. The summed E-state index contributed by atoms with van der Waals surface area (Å²) in [5, 5.41) is 5.05. The molecular formula is C9H12N2O2S. The van der Waals surface area contributed by atoms with Gasteiger partial charge < -0.3 is 10.1 Å². The van der Waals surface area contributed by atoms with Crippen LogP contribution in [0.15, 0.2) is 16.4 Å². The number of rotatable bonds is 2. The van der Waals surface area contributed by atoms with Gasteiger partial charge in [0.2, 0.25) is 0 Å². The van der Waals surface area contributed by atoms with Crippen molar-refractivity contribution in [2.24, 2.45) is 4.99 Å². The highest BCUT2D eigenvalue weighted by molar-refractivity contribution is 7.14. The third-order valence-corrected chi connectivity index (χ3v) is 2.48. The first-order chi connectivity index (χ1) is 6.69. The Balaban J connectivity index is 2.99. The van der Waals surface area contributed by atoms with Gasteiger partial charge in [-0.15, -0.1) is 11.3 Å². The van der Waals surface area contributed by atoms with Crippen molar-refractivity contribution in [3.8, 4) is 0 Å². The minimum atomic E-state index is -0.131. The number of methoxy groups -OCH3 is 1. The summed E-state index contributed by atoms with van der Waals surface area (Å²) in [6.45, 7) is 1.74. The average Bonchev–Trinajstić information content (AvgIpc) is 2.64. The zero-order chi connectivity index (χ0) is 10.6. The van der Waals surface area contributed by atoms with Crippen LogP contribution < -0.4 is 5.32 Å². The van der Waals surface area contributed by atoms with Crippen LogP contribution in [0, 0.1) is 0 Å². The molecule has 1 rings (SSSR count). The number of aliphatic imine (C=N–C) groups is 1. The van der Waals surface area contributed by atoms with Crippen molar-refractivity contribution in [2.75, 3.05) is 14.2 Å². The van der Waals surface area contributed by atoms with Crippen LogP contribution in [0.25, 0.3) is 0 Å². The highest BCUT2D eigenvalue weighted by Crippen LogP contribution is 2.26. The molecule has 0 saturated carbocycles. The predicted molar refractivity (Wildman–Crippen MR) is 57.5 cm³/mol. The molecule has 4 nitrogen and oxygen atoms in total. The Morgan fingerprint density at radius 2 is 2.36 bits per heavy atom. The summed E-state index contributed by atoms with van der Waals surface area (Å²) in [6.07, 6.45) is 0. The number of nitrogens with one attached hydrogen (secondary N) is 1. The van der Waals surface area contributed by atoms with Gasteiger partial charge in [0, 0.05) is 14.0 Å². The Morgan fingerprint density at radius 3 is 2.93 bits per heavy atom. The van der Waals surface area contributed by atoms with Crippen LogP contribution in [0.2, 0.25) is 0 Å². The van der Waals surface area contributed by atoms with E-state index in [1.807, 2.05) is 5.38 Å². The van der Waals surface area contributed by atoms with E-state index in [4.69, 9.17) is 4.74 Å². The predicted octanol–water partition coefficient (Wildman–Crippen LogP) is 1.80. The molecule has 1 amide bonds. The molecule has 0 bridgehead atoms. The van der Waals surface area contributed by atoms with E-state index in [2.05, 4.69) is 10.3 Å². The van der Waals surface area contributed by atoms with Crippen molar-refractivity contribution in [3.05, 3.63) is 17.0 Å². The zero-order valence-electron chi connectivity index (χ0n) is 8.33. The number of amides is 1. The number of ether oxygens (including phenoxy) is 1. The van der Waals surface area contributed by atoms with Crippen LogP contribution in [0.5, 0.6) is 0 Å².